The van der Waals surface area contributed by atoms with Crippen LogP contribution in [0.2, 0.25) is 0 Å². The number of methoxy groups -OCH3 is 1. The number of pyridine rings is 1. The summed E-state index contributed by atoms with van der Waals surface area (Å²) in [6, 6.07) is 21.3. The van der Waals surface area contributed by atoms with Crippen LogP contribution in [0.15, 0.2) is 78.0 Å². The fourth-order valence-corrected chi connectivity index (χ4v) is 4.30. The highest BCUT2D eigenvalue weighted by Crippen LogP contribution is 2.37. The molecule has 1 atom stereocenters. The van der Waals surface area contributed by atoms with Crippen molar-refractivity contribution in [2.45, 2.75) is 31.8 Å². The average Bonchev–Trinajstić information content (AvgIpc) is 2.86. The monoisotopic (exact) mass is 429 g/mol. The Bertz CT molecular complexity index is 997. The minimum absolute atomic E-state index is 0.133. The number of likely N-dealkylation sites (tertiary alicyclic amines) is 1. The molecule has 32 heavy (non-hydrogen) atoms. The molecule has 1 aliphatic rings. The van der Waals surface area contributed by atoms with E-state index < -0.39 is 0 Å². The molecule has 0 N–H and O–H groups in total. The molecule has 0 saturated carbocycles. The molecule has 4 rings (SSSR count). The lowest BCUT2D eigenvalue weighted by Gasteiger charge is -2.37. The van der Waals surface area contributed by atoms with E-state index in [4.69, 9.17) is 14.5 Å². The van der Waals surface area contributed by atoms with E-state index in [1.165, 1.54) is 11.1 Å². The van der Waals surface area contributed by atoms with Gasteiger partial charge in [-0.3, -0.25) is 14.9 Å². The molecule has 2 aromatic carbocycles. The van der Waals surface area contributed by atoms with Gasteiger partial charge in [0.15, 0.2) is 0 Å². The first-order chi connectivity index (χ1) is 15.8. The van der Waals surface area contributed by atoms with Gasteiger partial charge in [-0.1, -0.05) is 30.3 Å². The lowest BCUT2D eigenvalue weighted by molar-refractivity contribution is 0.172. The number of piperidine rings is 1. The summed E-state index contributed by atoms with van der Waals surface area (Å²) in [5.74, 6) is 1.82. The summed E-state index contributed by atoms with van der Waals surface area (Å²) < 4.78 is 11.4. The van der Waals surface area contributed by atoms with Gasteiger partial charge in [0.25, 0.3) is 0 Å². The molecule has 166 valence electrons. The number of aliphatic imine (C=N–C) groups is 1. The number of para-hydroxylation sites is 1. The molecule has 3 aromatic rings. The molecule has 0 aliphatic carbocycles. The highest BCUT2D eigenvalue weighted by Gasteiger charge is 2.29. The van der Waals surface area contributed by atoms with Crippen LogP contribution in [-0.2, 0) is 0 Å². The van der Waals surface area contributed by atoms with Crippen molar-refractivity contribution >= 4 is 6.21 Å². The SMILES string of the molecule is CCOc1ccccc1C(c1ccc(OC)cc1)N1CCC(N=Cc2ccncc2)CC1. The van der Waals surface area contributed by atoms with Crippen molar-refractivity contribution in [1.82, 2.24) is 9.88 Å². The zero-order chi connectivity index (χ0) is 22.2. The summed E-state index contributed by atoms with van der Waals surface area (Å²) in [6.45, 7) is 4.65. The second-order valence-electron chi connectivity index (χ2n) is 7.97. The quantitative estimate of drug-likeness (QED) is 0.464. The molecule has 0 bridgehead atoms. The molecule has 0 spiro atoms. The van der Waals surface area contributed by atoms with Crippen LogP contribution in [0, 0.1) is 0 Å². The zero-order valence-corrected chi connectivity index (χ0v) is 18.9. The van der Waals surface area contributed by atoms with Crippen molar-refractivity contribution < 1.29 is 9.47 Å². The van der Waals surface area contributed by atoms with Crippen LogP contribution in [0.1, 0.15) is 42.5 Å². The summed E-state index contributed by atoms with van der Waals surface area (Å²) >= 11 is 0. The Morgan fingerprint density at radius 2 is 1.75 bits per heavy atom. The molecule has 1 fully saturated rings. The first-order valence-corrected chi connectivity index (χ1v) is 11.3. The fraction of sp³-hybridized carbons (Fsp3) is 0.333. The Hall–Kier alpha value is -3.18. The van der Waals surface area contributed by atoms with Gasteiger partial charge in [-0.2, -0.15) is 0 Å². The van der Waals surface area contributed by atoms with E-state index in [0.29, 0.717) is 12.6 Å². The van der Waals surface area contributed by atoms with Crippen LogP contribution in [0.5, 0.6) is 11.5 Å². The van der Waals surface area contributed by atoms with Crippen LogP contribution >= 0.6 is 0 Å². The first-order valence-electron chi connectivity index (χ1n) is 11.3. The van der Waals surface area contributed by atoms with Crippen molar-refractivity contribution in [3.8, 4) is 11.5 Å². The number of aromatic nitrogens is 1. The van der Waals surface area contributed by atoms with Crippen LogP contribution in [0.25, 0.3) is 0 Å². The number of rotatable bonds is 8. The summed E-state index contributed by atoms with van der Waals surface area (Å²) in [5, 5.41) is 0. The summed E-state index contributed by atoms with van der Waals surface area (Å²) in [5.41, 5.74) is 3.55. The number of benzene rings is 2. The average molecular weight is 430 g/mol. The third-order valence-electron chi connectivity index (χ3n) is 5.95. The van der Waals surface area contributed by atoms with Gasteiger partial charge in [0.05, 0.1) is 25.8 Å². The van der Waals surface area contributed by atoms with E-state index in [1.54, 1.807) is 19.5 Å². The smallest absolute Gasteiger partial charge is 0.124 e. The van der Waals surface area contributed by atoms with Crippen LogP contribution in [-0.4, -0.2) is 48.9 Å². The van der Waals surface area contributed by atoms with Crippen molar-refractivity contribution in [3.05, 3.63) is 89.7 Å². The third-order valence-corrected chi connectivity index (χ3v) is 5.95. The first kappa shape index (κ1) is 22.0. The standard InChI is InChI=1S/C27H31N3O2/c1-3-32-26-7-5-4-6-25(26)27(22-8-10-24(31-2)11-9-22)30-18-14-23(15-19-30)29-20-21-12-16-28-17-13-21/h4-13,16-17,20,23,27H,3,14-15,18-19H2,1-2H3. The molecule has 1 unspecified atom stereocenters. The summed E-state index contributed by atoms with van der Waals surface area (Å²) in [7, 11) is 1.70. The van der Waals surface area contributed by atoms with Crippen molar-refractivity contribution in [2.24, 2.45) is 4.99 Å². The van der Waals surface area contributed by atoms with E-state index in [9.17, 15) is 0 Å². The van der Waals surface area contributed by atoms with Crippen molar-refractivity contribution in [1.29, 1.82) is 0 Å². The molecule has 1 saturated heterocycles. The maximum Gasteiger partial charge on any atom is 0.124 e. The molecule has 5 heteroatoms. The molecule has 1 aliphatic heterocycles. The van der Waals surface area contributed by atoms with Crippen LogP contribution in [0.3, 0.4) is 0 Å². The molecular formula is C27H31N3O2. The topological polar surface area (TPSA) is 47.0 Å². The second kappa shape index (κ2) is 10.9. The Morgan fingerprint density at radius 3 is 2.44 bits per heavy atom. The summed E-state index contributed by atoms with van der Waals surface area (Å²) in [6.07, 6.45) is 7.65. The fourth-order valence-electron chi connectivity index (χ4n) is 4.30. The molecule has 0 amide bonds. The minimum Gasteiger partial charge on any atom is -0.497 e. The van der Waals surface area contributed by atoms with Gasteiger partial charge >= 0.3 is 0 Å². The minimum atomic E-state index is 0.133. The van der Waals surface area contributed by atoms with E-state index in [-0.39, 0.29) is 6.04 Å². The van der Waals surface area contributed by atoms with E-state index >= 15 is 0 Å². The molecule has 2 heterocycles. The summed E-state index contributed by atoms with van der Waals surface area (Å²) in [4.78, 5) is 11.5. The lowest BCUT2D eigenvalue weighted by Crippen LogP contribution is -2.38. The Labute approximate surface area is 190 Å². The van der Waals surface area contributed by atoms with Gasteiger partial charge in [0.1, 0.15) is 11.5 Å². The molecule has 1 aromatic heterocycles. The Kier molecular flexibility index (Phi) is 7.51. The third kappa shape index (κ3) is 5.35. The van der Waals surface area contributed by atoms with Crippen LogP contribution in [0.4, 0.5) is 0 Å². The predicted octanol–water partition coefficient (Wildman–Crippen LogP) is 5.16. The van der Waals surface area contributed by atoms with E-state index in [1.807, 2.05) is 43.5 Å². The normalized spacial score (nSPS) is 16.2. The highest BCUT2D eigenvalue weighted by molar-refractivity contribution is 5.79. The maximum absolute atomic E-state index is 6.00. The maximum atomic E-state index is 6.00. The van der Waals surface area contributed by atoms with Gasteiger partial charge in [0, 0.05) is 37.3 Å². The molecule has 0 radical (unpaired) electrons. The van der Waals surface area contributed by atoms with E-state index in [2.05, 4.69) is 40.2 Å². The number of hydrogen-bond acceptors (Lipinski definition) is 5. The van der Waals surface area contributed by atoms with Gasteiger partial charge in [0.2, 0.25) is 0 Å². The Morgan fingerprint density at radius 1 is 1.03 bits per heavy atom. The number of hydrogen-bond donors (Lipinski definition) is 0. The molecular weight excluding hydrogens is 398 g/mol. The van der Waals surface area contributed by atoms with Crippen LogP contribution < -0.4 is 9.47 Å². The van der Waals surface area contributed by atoms with Gasteiger partial charge in [-0.25, -0.2) is 0 Å². The van der Waals surface area contributed by atoms with Gasteiger partial charge in [-0.15, -0.1) is 0 Å². The van der Waals surface area contributed by atoms with Crippen molar-refractivity contribution in [3.63, 3.8) is 0 Å². The largest absolute Gasteiger partial charge is 0.497 e. The lowest BCUT2D eigenvalue weighted by atomic mass is 9.93. The van der Waals surface area contributed by atoms with Crippen molar-refractivity contribution in [2.75, 3.05) is 26.8 Å². The molecule has 5 nitrogen and oxygen atoms in total. The second-order valence-corrected chi connectivity index (χ2v) is 7.97. The van der Waals surface area contributed by atoms with E-state index in [0.717, 1.165) is 43.0 Å². The predicted molar refractivity (Wildman–Crippen MR) is 129 cm³/mol. The number of nitrogens with zero attached hydrogens (tertiary/aromatic N) is 3. The zero-order valence-electron chi connectivity index (χ0n) is 18.9. The van der Waals surface area contributed by atoms with Gasteiger partial charge < -0.3 is 9.47 Å². The number of ether oxygens (including phenoxy) is 2. The highest BCUT2D eigenvalue weighted by atomic mass is 16.5. The van der Waals surface area contributed by atoms with Gasteiger partial charge in [-0.05, 0) is 61.2 Å². The Balaban J connectivity index is 1.55.